The molecule has 3 rings (SSSR count). The average molecular weight is 279 g/mol. The highest BCUT2D eigenvalue weighted by Crippen LogP contribution is 2.25. The van der Waals surface area contributed by atoms with E-state index >= 15 is 0 Å². The molecule has 2 aromatic rings. The number of rotatable bonds is 2. The highest BCUT2D eigenvalue weighted by atomic mass is 32.2. The van der Waals surface area contributed by atoms with Crippen molar-refractivity contribution in [2.75, 3.05) is 18.6 Å². The number of nitrogens with two attached hydrogens (primary N) is 1. The number of hydrogen-bond acceptors (Lipinski definition) is 7. The van der Waals surface area contributed by atoms with Crippen LogP contribution in [0.4, 0.5) is 5.82 Å². The van der Waals surface area contributed by atoms with Gasteiger partial charge in [0.05, 0.1) is 19.0 Å². The molecule has 2 aromatic heterocycles. The van der Waals surface area contributed by atoms with Crippen molar-refractivity contribution in [2.45, 2.75) is 17.5 Å². The maximum Gasteiger partial charge on any atom is 0.191 e. The minimum absolute atomic E-state index is 0.247. The number of nitrogen functional groups attached to an aromatic ring is 1. The number of fused-ring (bicyclic) bond motifs is 1. The van der Waals surface area contributed by atoms with Crippen LogP contribution in [0.25, 0.3) is 11.2 Å². The second-order valence-electron chi connectivity index (χ2n) is 4.10. The minimum atomic E-state index is -0.563. The van der Waals surface area contributed by atoms with E-state index < -0.39 is 6.10 Å². The molecule has 3 N–H and O–H groups in total. The lowest BCUT2D eigenvalue weighted by atomic mass is 10.3. The molecule has 2 atom stereocenters. The summed E-state index contributed by atoms with van der Waals surface area (Å²) in [7, 11) is 0. The van der Waals surface area contributed by atoms with E-state index in [-0.39, 0.29) is 12.8 Å². The van der Waals surface area contributed by atoms with Gasteiger partial charge in [0.15, 0.2) is 22.8 Å². The smallest absolute Gasteiger partial charge is 0.191 e. The molecule has 7 nitrogen and oxygen atoms in total. The zero-order valence-corrected chi connectivity index (χ0v) is 11.0. The minimum Gasteiger partial charge on any atom is -0.387 e. The Morgan fingerprint density at radius 2 is 2.32 bits per heavy atom. The van der Waals surface area contributed by atoms with Crippen LogP contribution >= 0.6 is 11.8 Å². The van der Waals surface area contributed by atoms with Crippen LogP contribution in [0.1, 0.15) is 6.23 Å². The van der Waals surface area contributed by atoms with Gasteiger partial charge in [0, 0.05) is 0 Å². The van der Waals surface area contributed by atoms with E-state index in [1.54, 1.807) is 23.0 Å². The van der Waals surface area contributed by atoms with Gasteiger partial charge in [-0.3, -0.25) is 4.57 Å². The third kappa shape index (κ3) is 2.18. The fraction of sp³-hybridized carbons (Fsp3) is 0.364. The van der Waals surface area contributed by atoms with E-state index in [1.807, 2.05) is 6.26 Å². The van der Waals surface area contributed by atoms with Crippen molar-refractivity contribution in [1.29, 1.82) is 0 Å². The monoisotopic (exact) mass is 279 g/mol. The van der Waals surface area contributed by atoms with Crippen LogP contribution in [0.2, 0.25) is 0 Å². The molecule has 0 aromatic carbocycles. The number of ether oxygens (including phenoxy) is 1. The van der Waals surface area contributed by atoms with Crippen molar-refractivity contribution in [3.05, 3.63) is 18.5 Å². The van der Waals surface area contributed by atoms with Crippen LogP contribution in [0, 0.1) is 0 Å². The molecule has 100 valence electrons. The number of aliphatic hydroxyl groups is 1. The van der Waals surface area contributed by atoms with Gasteiger partial charge in [0.25, 0.3) is 0 Å². The van der Waals surface area contributed by atoms with Gasteiger partial charge in [-0.25, -0.2) is 15.0 Å². The van der Waals surface area contributed by atoms with Crippen LogP contribution in [0.3, 0.4) is 0 Å². The van der Waals surface area contributed by atoms with Gasteiger partial charge in [0.2, 0.25) is 0 Å². The second kappa shape index (κ2) is 4.80. The standard InChI is InChI=1S/C11H13N5O2S/c1-19-11-14-9(12)8-10(15-11)16(5-13-8)7-3-2-6(17)4-18-7/h2-3,5-7,17H,4H2,1H3,(H2,12,14,15)/t6-,7+/m0/s1. The highest BCUT2D eigenvalue weighted by molar-refractivity contribution is 7.98. The predicted molar refractivity (Wildman–Crippen MR) is 71.7 cm³/mol. The second-order valence-corrected chi connectivity index (χ2v) is 4.87. The third-order valence-corrected chi connectivity index (χ3v) is 3.37. The van der Waals surface area contributed by atoms with Crippen molar-refractivity contribution in [1.82, 2.24) is 19.5 Å². The van der Waals surface area contributed by atoms with Crippen LogP contribution in [0.5, 0.6) is 0 Å². The molecule has 0 amide bonds. The maximum atomic E-state index is 9.38. The summed E-state index contributed by atoms with van der Waals surface area (Å²) in [6.45, 7) is 0.247. The number of anilines is 1. The van der Waals surface area contributed by atoms with E-state index in [9.17, 15) is 5.11 Å². The Morgan fingerprint density at radius 3 is 3.00 bits per heavy atom. The van der Waals surface area contributed by atoms with Gasteiger partial charge < -0.3 is 15.6 Å². The van der Waals surface area contributed by atoms with Crippen LogP contribution in [-0.4, -0.2) is 43.6 Å². The van der Waals surface area contributed by atoms with E-state index in [1.165, 1.54) is 11.8 Å². The first-order valence-electron chi connectivity index (χ1n) is 5.71. The Bertz CT molecular complexity index is 641. The summed E-state index contributed by atoms with van der Waals surface area (Å²) >= 11 is 1.41. The van der Waals surface area contributed by atoms with E-state index in [0.717, 1.165) is 0 Å². The number of aliphatic hydroxyl groups excluding tert-OH is 1. The molecule has 0 aliphatic carbocycles. The topological polar surface area (TPSA) is 99.1 Å². The van der Waals surface area contributed by atoms with E-state index in [0.29, 0.717) is 22.1 Å². The quantitative estimate of drug-likeness (QED) is 0.471. The number of hydrogen-bond donors (Lipinski definition) is 2. The fourth-order valence-corrected chi connectivity index (χ4v) is 2.27. The van der Waals surface area contributed by atoms with Crippen molar-refractivity contribution in [2.24, 2.45) is 0 Å². The number of nitrogens with zero attached hydrogens (tertiary/aromatic N) is 4. The molecule has 0 radical (unpaired) electrons. The average Bonchev–Trinajstić information content (AvgIpc) is 2.84. The number of imidazole rings is 1. The Balaban J connectivity index is 2.09. The summed E-state index contributed by atoms with van der Waals surface area (Å²) in [5.74, 6) is 0.355. The van der Waals surface area contributed by atoms with Crippen LogP contribution < -0.4 is 5.73 Å². The van der Waals surface area contributed by atoms with E-state index in [2.05, 4.69) is 15.0 Å². The van der Waals surface area contributed by atoms with Gasteiger partial charge >= 0.3 is 0 Å². The molecule has 1 aliphatic rings. The Morgan fingerprint density at radius 1 is 1.47 bits per heavy atom. The summed E-state index contributed by atoms with van der Waals surface area (Å²) in [6.07, 6.45) is 6.07. The Hall–Kier alpha value is -1.64. The molecule has 0 bridgehead atoms. The maximum absolute atomic E-state index is 9.38. The molecule has 8 heteroatoms. The van der Waals surface area contributed by atoms with Gasteiger partial charge in [0.1, 0.15) is 5.52 Å². The van der Waals surface area contributed by atoms with Crippen molar-refractivity contribution in [3.63, 3.8) is 0 Å². The first-order valence-corrected chi connectivity index (χ1v) is 6.93. The normalized spacial score (nSPS) is 23.1. The van der Waals surface area contributed by atoms with E-state index in [4.69, 9.17) is 10.5 Å². The lowest BCUT2D eigenvalue weighted by Gasteiger charge is -2.21. The zero-order chi connectivity index (χ0) is 13.4. The largest absolute Gasteiger partial charge is 0.387 e. The van der Waals surface area contributed by atoms with Gasteiger partial charge in [-0.2, -0.15) is 0 Å². The molecular formula is C11H13N5O2S. The molecular weight excluding hydrogens is 266 g/mol. The number of thioether (sulfide) groups is 1. The molecule has 0 spiro atoms. The third-order valence-electron chi connectivity index (χ3n) is 2.82. The molecule has 0 saturated heterocycles. The van der Waals surface area contributed by atoms with Gasteiger partial charge in [-0.05, 0) is 12.3 Å². The molecule has 1 aliphatic heterocycles. The van der Waals surface area contributed by atoms with Crippen molar-refractivity contribution in [3.8, 4) is 0 Å². The van der Waals surface area contributed by atoms with Crippen molar-refractivity contribution >= 4 is 28.7 Å². The highest BCUT2D eigenvalue weighted by Gasteiger charge is 2.20. The summed E-state index contributed by atoms with van der Waals surface area (Å²) in [5, 5.41) is 9.97. The predicted octanol–water partition coefficient (Wildman–Crippen LogP) is 0.576. The molecule has 3 heterocycles. The van der Waals surface area contributed by atoms with Crippen molar-refractivity contribution < 1.29 is 9.84 Å². The summed E-state index contributed by atoms with van der Waals surface area (Å²) in [5.41, 5.74) is 7.04. The summed E-state index contributed by atoms with van der Waals surface area (Å²) in [4.78, 5) is 12.8. The Kier molecular flexibility index (Phi) is 3.13. The van der Waals surface area contributed by atoms with Gasteiger partial charge in [-0.1, -0.05) is 17.8 Å². The van der Waals surface area contributed by atoms with Crippen LogP contribution in [-0.2, 0) is 4.74 Å². The lowest BCUT2D eigenvalue weighted by Crippen LogP contribution is -2.23. The first kappa shape index (κ1) is 12.4. The zero-order valence-electron chi connectivity index (χ0n) is 10.2. The first-order chi connectivity index (χ1) is 9.19. The lowest BCUT2D eigenvalue weighted by molar-refractivity contribution is -0.0165. The summed E-state index contributed by atoms with van der Waals surface area (Å²) < 4.78 is 7.31. The number of aromatic nitrogens is 4. The molecule has 0 saturated carbocycles. The molecule has 19 heavy (non-hydrogen) atoms. The van der Waals surface area contributed by atoms with Crippen LogP contribution in [0.15, 0.2) is 23.6 Å². The molecule has 0 fully saturated rings. The molecule has 0 unspecified atom stereocenters. The Labute approximate surface area is 113 Å². The summed E-state index contributed by atoms with van der Waals surface area (Å²) in [6, 6.07) is 0. The fourth-order valence-electron chi connectivity index (χ4n) is 1.90. The SMILES string of the molecule is CSc1nc(N)c2ncn([C@H]3C=C[C@H](O)CO3)c2n1. The van der Waals surface area contributed by atoms with Gasteiger partial charge in [-0.15, -0.1) is 0 Å².